The Morgan fingerprint density at radius 2 is 2.20 bits per heavy atom. The van der Waals surface area contributed by atoms with Gasteiger partial charge in [-0.25, -0.2) is 18.6 Å². The van der Waals surface area contributed by atoms with Crippen molar-refractivity contribution in [3.05, 3.63) is 23.0 Å². The molecule has 0 bridgehead atoms. The molecule has 82 valence electrons. The molecule has 0 aliphatic rings. The summed E-state index contributed by atoms with van der Waals surface area (Å²) in [7, 11) is 1.14. The van der Waals surface area contributed by atoms with Gasteiger partial charge in [0.2, 0.25) is 0 Å². The van der Waals surface area contributed by atoms with Gasteiger partial charge in [-0.3, -0.25) is 0 Å². The molecule has 0 amide bonds. The summed E-state index contributed by atoms with van der Waals surface area (Å²) in [4.78, 5) is 14.6. The maximum Gasteiger partial charge on any atom is 0.356 e. The maximum absolute atomic E-state index is 12.5. The van der Waals surface area contributed by atoms with Crippen LogP contribution in [0.15, 0.2) is 6.07 Å². The Morgan fingerprint density at radius 1 is 1.60 bits per heavy atom. The van der Waals surface area contributed by atoms with E-state index in [0.717, 1.165) is 7.11 Å². The van der Waals surface area contributed by atoms with Gasteiger partial charge < -0.3 is 10.5 Å². The van der Waals surface area contributed by atoms with E-state index in [1.165, 1.54) is 13.0 Å². The summed E-state index contributed by atoms with van der Waals surface area (Å²) >= 11 is 0. The lowest BCUT2D eigenvalue weighted by Crippen LogP contribution is -2.09. The standard InChI is InChI=1S/C9H10F2N2O2/c1-4-5(12)3-6(9(14)15-2)13-7(4)8(10)11/h3,8H,1-2H3,(H2,12,13). The lowest BCUT2D eigenvalue weighted by atomic mass is 10.1. The predicted octanol–water partition coefficient (Wildman–Crippen LogP) is 1.70. The second-order valence-corrected chi connectivity index (χ2v) is 2.90. The van der Waals surface area contributed by atoms with Crippen molar-refractivity contribution in [2.45, 2.75) is 13.3 Å². The number of halogens is 2. The monoisotopic (exact) mass is 216 g/mol. The number of ether oxygens (including phenoxy) is 1. The topological polar surface area (TPSA) is 65.2 Å². The van der Waals surface area contributed by atoms with Crippen molar-refractivity contribution in [3.63, 3.8) is 0 Å². The van der Waals surface area contributed by atoms with Crippen molar-refractivity contribution < 1.29 is 18.3 Å². The van der Waals surface area contributed by atoms with Gasteiger partial charge in [0.25, 0.3) is 6.43 Å². The summed E-state index contributed by atoms with van der Waals surface area (Å²) in [5.74, 6) is -0.788. The van der Waals surface area contributed by atoms with Gasteiger partial charge in [-0.05, 0) is 18.6 Å². The van der Waals surface area contributed by atoms with Crippen LogP contribution >= 0.6 is 0 Å². The fourth-order valence-corrected chi connectivity index (χ4v) is 1.07. The van der Waals surface area contributed by atoms with E-state index in [-0.39, 0.29) is 16.9 Å². The number of rotatable bonds is 2. The van der Waals surface area contributed by atoms with Gasteiger partial charge in [0, 0.05) is 5.69 Å². The van der Waals surface area contributed by atoms with Crippen LogP contribution < -0.4 is 5.73 Å². The quantitative estimate of drug-likeness (QED) is 0.764. The van der Waals surface area contributed by atoms with Crippen molar-refractivity contribution in [2.24, 2.45) is 0 Å². The van der Waals surface area contributed by atoms with Gasteiger partial charge in [0.15, 0.2) is 5.69 Å². The Balaban J connectivity index is 3.29. The number of carbonyl (C=O) groups excluding carboxylic acids is 1. The highest BCUT2D eigenvalue weighted by atomic mass is 19.3. The first-order valence-corrected chi connectivity index (χ1v) is 4.10. The number of anilines is 1. The third-order valence-electron chi connectivity index (χ3n) is 1.95. The molecule has 0 aliphatic heterocycles. The third-order valence-corrected chi connectivity index (χ3v) is 1.95. The lowest BCUT2D eigenvalue weighted by molar-refractivity contribution is 0.0592. The van der Waals surface area contributed by atoms with Gasteiger partial charge >= 0.3 is 5.97 Å². The fourth-order valence-electron chi connectivity index (χ4n) is 1.07. The molecule has 0 aromatic carbocycles. The number of nitrogen functional groups attached to an aromatic ring is 1. The highest BCUT2D eigenvalue weighted by molar-refractivity contribution is 5.88. The molecule has 1 aromatic rings. The van der Waals surface area contributed by atoms with E-state index in [2.05, 4.69) is 9.72 Å². The molecule has 0 fully saturated rings. The molecule has 0 saturated heterocycles. The van der Waals surface area contributed by atoms with Crippen LogP contribution in [0.3, 0.4) is 0 Å². The zero-order chi connectivity index (χ0) is 11.6. The Bertz CT molecular complexity index is 394. The molecule has 1 heterocycles. The third kappa shape index (κ3) is 2.20. The normalized spacial score (nSPS) is 10.5. The summed E-state index contributed by atoms with van der Waals surface area (Å²) in [5, 5.41) is 0. The molecule has 1 aromatic heterocycles. The van der Waals surface area contributed by atoms with E-state index in [1.807, 2.05) is 0 Å². The second-order valence-electron chi connectivity index (χ2n) is 2.90. The molecule has 0 saturated carbocycles. The number of hydrogen-bond acceptors (Lipinski definition) is 4. The largest absolute Gasteiger partial charge is 0.464 e. The van der Waals surface area contributed by atoms with Gasteiger partial charge in [0.05, 0.1) is 7.11 Å². The molecule has 6 heteroatoms. The zero-order valence-electron chi connectivity index (χ0n) is 8.25. The van der Waals surface area contributed by atoms with Crippen molar-refractivity contribution >= 4 is 11.7 Å². The zero-order valence-corrected chi connectivity index (χ0v) is 8.25. The van der Waals surface area contributed by atoms with Crippen LogP contribution in [0.25, 0.3) is 0 Å². The van der Waals surface area contributed by atoms with E-state index < -0.39 is 18.1 Å². The summed E-state index contributed by atoms with van der Waals surface area (Å²) in [6.45, 7) is 1.42. The average molecular weight is 216 g/mol. The molecule has 2 N–H and O–H groups in total. The molecule has 0 radical (unpaired) electrons. The number of hydrogen-bond donors (Lipinski definition) is 1. The number of nitrogens with two attached hydrogens (primary N) is 1. The number of carbonyl (C=O) groups is 1. The van der Waals surface area contributed by atoms with Gasteiger partial charge in [-0.15, -0.1) is 0 Å². The minimum Gasteiger partial charge on any atom is -0.464 e. The lowest BCUT2D eigenvalue weighted by Gasteiger charge is -2.08. The Labute approximate surface area is 85.1 Å². The van der Waals surface area contributed by atoms with Crippen LogP contribution in [0, 0.1) is 6.92 Å². The van der Waals surface area contributed by atoms with Gasteiger partial charge in [-0.2, -0.15) is 0 Å². The van der Waals surface area contributed by atoms with Crippen LogP contribution in [0.1, 0.15) is 28.2 Å². The molecule has 0 spiro atoms. The SMILES string of the molecule is COC(=O)c1cc(N)c(C)c(C(F)F)n1. The average Bonchev–Trinajstić information content (AvgIpc) is 2.20. The van der Waals surface area contributed by atoms with Crippen LogP contribution in [0.2, 0.25) is 0 Å². The molecular formula is C9H10F2N2O2. The molecule has 4 nitrogen and oxygen atoms in total. The van der Waals surface area contributed by atoms with E-state index in [9.17, 15) is 13.6 Å². The Hall–Kier alpha value is -1.72. The summed E-state index contributed by atoms with van der Waals surface area (Å²) in [5.41, 5.74) is 5.04. The van der Waals surface area contributed by atoms with Crippen molar-refractivity contribution in [3.8, 4) is 0 Å². The summed E-state index contributed by atoms with van der Waals surface area (Å²) < 4.78 is 29.3. The first-order valence-electron chi connectivity index (χ1n) is 4.10. The van der Waals surface area contributed by atoms with E-state index in [4.69, 9.17) is 5.73 Å². The predicted molar refractivity (Wildman–Crippen MR) is 49.7 cm³/mol. The van der Waals surface area contributed by atoms with Crippen molar-refractivity contribution in [1.82, 2.24) is 4.98 Å². The maximum atomic E-state index is 12.5. The molecule has 0 atom stereocenters. The molecule has 0 aliphatic carbocycles. The number of pyridine rings is 1. The van der Waals surface area contributed by atoms with E-state index in [1.54, 1.807) is 0 Å². The highest BCUT2D eigenvalue weighted by Crippen LogP contribution is 2.25. The van der Waals surface area contributed by atoms with Crippen LogP contribution in [0.4, 0.5) is 14.5 Å². The second kappa shape index (κ2) is 4.20. The van der Waals surface area contributed by atoms with Gasteiger partial charge in [-0.1, -0.05) is 0 Å². The number of esters is 1. The van der Waals surface area contributed by atoms with Crippen molar-refractivity contribution in [1.29, 1.82) is 0 Å². The fraction of sp³-hybridized carbons (Fsp3) is 0.333. The number of nitrogens with zero attached hydrogens (tertiary/aromatic N) is 1. The smallest absolute Gasteiger partial charge is 0.356 e. The van der Waals surface area contributed by atoms with E-state index in [0.29, 0.717) is 0 Å². The Kier molecular flexibility index (Phi) is 3.18. The minimum absolute atomic E-state index is 0.0979. The first-order chi connectivity index (χ1) is 6.97. The number of aromatic nitrogens is 1. The Morgan fingerprint density at radius 3 is 2.67 bits per heavy atom. The molecule has 0 unspecified atom stereocenters. The van der Waals surface area contributed by atoms with Crippen LogP contribution in [-0.4, -0.2) is 18.1 Å². The summed E-state index contributed by atoms with van der Waals surface area (Å²) in [6.07, 6.45) is -2.77. The molecular weight excluding hydrogens is 206 g/mol. The van der Waals surface area contributed by atoms with Gasteiger partial charge in [0.1, 0.15) is 5.69 Å². The minimum atomic E-state index is -2.77. The van der Waals surface area contributed by atoms with Crippen molar-refractivity contribution in [2.75, 3.05) is 12.8 Å². The van der Waals surface area contributed by atoms with E-state index >= 15 is 0 Å². The first kappa shape index (κ1) is 11.4. The molecule has 1 rings (SSSR count). The van der Waals surface area contributed by atoms with Crippen LogP contribution in [-0.2, 0) is 4.74 Å². The van der Waals surface area contributed by atoms with Crippen LogP contribution in [0.5, 0.6) is 0 Å². The summed E-state index contributed by atoms with van der Waals surface area (Å²) in [6, 6.07) is 1.22. The highest BCUT2D eigenvalue weighted by Gasteiger charge is 2.18. The number of alkyl halides is 2. The number of methoxy groups -OCH3 is 1. The molecule has 15 heavy (non-hydrogen) atoms.